The zero-order chi connectivity index (χ0) is 9.19. The highest BCUT2D eigenvalue weighted by molar-refractivity contribution is 8.03. The van der Waals surface area contributed by atoms with Crippen LogP contribution in [0.1, 0.15) is 27.2 Å². The SMILES string of the molecule is CC(C)(C)OC(=O)C1CC=CS1. The van der Waals surface area contributed by atoms with Crippen molar-refractivity contribution in [2.45, 2.75) is 38.0 Å². The molecule has 1 heterocycles. The van der Waals surface area contributed by atoms with Gasteiger partial charge in [0.05, 0.1) is 0 Å². The van der Waals surface area contributed by atoms with E-state index >= 15 is 0 Å². The molecule has 0 aromatic carbocycles. The molecule has 1 aliphatic rings. The zero-order valence-electron chi connectivity index (χ0n) is 7.66. The average Bonchev–Trinajstić information content (AvgIpc) is 2.32. The van der Waals surface area contributed by atoms with Gasteiger partial charge in [-0.15, -0.1) is 11.8 Å². The summed E-state index contributed by atoms with van der Waals surface area (Å²) < 4.78 is 5.22. The van der Waals surface area contributed by atoms with Gasteiger partial charge in [-0.3, -0.25) is 4.79 Å². The second-order valence-electron chi connectivity index (χ2n) is 3.77. The first-order valence-corrected chi connectivity index (χ1v) is 4.97. The Balaban J connectivity index is 2.39. The smallest absolute Gasteiger partial charge is 0.320 e. The fraction of sp³-hybridized carbons (Fsp3) is 0.667. The van der Waals surface area contributed by atoms with Crippen molar-refractivity contribution in [2.75, 3.05) is 0 Å². The van der Waals surface area contributed by atoms with E-state index in [9.17, 15) is 4.79 Å². The number of thioether (sulfide) groups is 1. The van der Waals surface area contributed by atoms with Gasteiger partial charge in [0, 0.05) is 0 Å². The molecule has 0 radical (unpaired) electrons. The van der Waals surface area contributed by atoms with Crippen molar-refractivity contribution < 1.29 is 9.53 Å². The van der Waals surface area contributed by atoms with E-state index < -0.39 is 0 Å². The number of rotatable bonds is 1. The number of esters is 1. The zero-order valence-corrected chi connectivity index (χ0v) is 8.48. The topological polar surface area (TPSA) is 26.3 Å². The highest BCUT2D eigenvalue weighted by atomic mass is 32.2. The minimum atomic E-state index is -0.361. The third-order valence-electron chi connectivity index (χ3n) is 1.36. The lowest BCUT2D eigenvalue weighted by Crippen LogP contribution is -2.29. The van der Waals surface area contributed by atoms with Crippen LogP contribution in [0.3, 0.4) is 0 Å². The molecule has 1 unspecified atom stereocenters. The molecule has 68 valence electrons. The minimum absolute atomic E-state index is 0.00998. The highest BCUT2D eigenvalue weighted by Crippen LogP contribution is 2.26. The summed E-state index contributed by atoms with van der Waals surface area (Å²) in [6, 6.07) is 0. The molecule has 3 heteroatoms. The molecule has 1 aliphatic heterocycles. The third-order valence-corrected chi connectivity index (χ3v) is 2.42. The second-order valence-corrected chi connectivity index (χ2v) is 4.88. The van der Waals surface area contributed by atoms with E-state index in [1.807, 2.05) is 32.3 Å². The fourth-order valence-corrected chi connectivity index (χ4v) is 1.70. The van der Waals surface area contributed by atoms with E-state index in [1.54, 1.807) is 0 Å². The maximum atomic E-state index is 11.4. The average molecular weight is 186 g/mol. The summed E-state index contributed by atoms with van der Waals surface area (Å²) in [7, 11) is 0. The minimum Gasteiger partial charge on any atom is -0.459 e. The van der Waals surface area contributed by atoms with Crippen LogP contribution in [0.2, 0.25) is 0 Å². The Morgan fingerprint density at radius 2 is 2.25 bits per heavy atom. The standard InChI is InChI=1S/C9H14O2S/c1-9(2,3)11-8(10)7-5-4-6-12-7/h4,6-7H,5H2,1-3H3. The normalized spacial score (nSPS) is 22.8. The van der Waals surface area contributed by atoms with Crippen molar-refractivity contribution in [2.24, 2.45) is 0 Å². The first kappa shape index (κ1) is 9.65. The Bertz CT molecular complexity index is 195. The highest BCUT2D eigenvalue weighted by Gasteiger charge is 2.25. The summed E-state index contributed by atoms with van der Waals surface area (Å²) in [5.41, 5.74) is -0.361. The van der Waals surface area contributed by atoms with Crippen LogP contribution in [0.4, 0.5) is 0 Å². The first-order chi connectivity index (χ1) is 5.49. The first-order valence-electron chi connectivity index (χ1n) is 4.02. The molecule has 1 atom stereocenters. The quantitative estimate of drug-likeness (QED) is 0.588. The van der Waals surface area contributed by atoms with Gasteiger partial charge in [-0.2, -0.15) is 0 Å². The summed E-state index contributed by atoms with van der Waals surface area (Å²) in [6.45, 7) is 5.66. The van der Waals surface area contributed by atoms with Gasteiger partial charge in [0.1, 0.15) is 10.9 Å². The maximum absolute atomic E-state index is 11.4. The number of allylic oxidation sites excluding steroid dienone is 1. The molecule has 0 saturated carbocycles. The van der Waals surface area contributed by atoms with Gasteiger partial charge in [0.2, 0.25) is 0 Å². The fourth-order valence-electron chi connectivity index (χ4n) is 0.904. The Labute approximate surface area is 77.4 Å². The monoisotopic (exact) mass is 186 g/mol. The van der Waals surface area contributed by atoms with E-state index in [0.29, 0.717) is 0 Å². The summed E-state index contributed by atoms with van der Waals surface area (Å²) in [4.78, 5) is 11.4. The van der Waals surface area contributed by atoms with E-state index in [0.717, 1.165) is 6.42 Å². The number of carbonyl (C=O) groups excluding carboxylic acids is 1. The van der Waals surface area contributed by atoms with Crippen molar-refractivity contribution >= 4 is 17.7 Å². The lowest BCUT2D eigenvalue weighted by atomic mass is 10.2. The Hall–Kier alpha value is -0.440. The molecule has 0 fully saturated rings. The molecular weight excluding hydrogens is 172 g/mol. The second kappa shape index (κ2) is 3.52. The summed E-state index contributed by atoms with van der Waals surface area (Å²) >= 11 is 1.54. The van der Waals surface area contributed by atoms with Crippen LogP contribution < -0.4 is 0 Å². The van der Waals surface area contributed by atoms with E-state index in [2.05, 4.69) is 0 Å². The van der Waals surface area contributed by atoms with Crippen molar-refractivity contribution in [3.63, 3.8) is 0 Å². The van der Waals surface area contributed by atoms with Crippen molar-refractivity contribution in [1.82, 2.24) is 0 Å². The Morgan fingerprint density at radius 3 is 2.67 bits per heavy atom. The molecule has 0 amide bonds. The van der Waals surface area contributed by atoms with Gasteiger partial charge in [-0.25, -0.2) is 0 Å². The van der Waals surface area contributed by atoms with Gasteiger partial charge in [0.15, 0.2) is 0 Å². The molecule has 0 bridgehead atoms. The molecule has 2 nitrogen and oxygen atoms in total. The summed E-state index contributed by atoms with van der Waals surface area (Å²) in [5.74, 6) is -0.0995. The molecule has 0 aromatic heterocycles. The molecule has 0 aliphatic carbocycles. The van der Waals surface area contributed by atoms with Gasteiger partial charge >= 0.3 is 5.97 Å². The van der Waals surface area contributed by atoms with Crippen LogP contribution in [0, 0.1) is 0 Å². The number of carbonyl (C=O) groups is 1. The molecule has 12 heavy (non-hydrogen) atoms. The van der Waals surface area contributed by atoms with Gasteiger partial charge in [0.25, 0.3) is 0 Å². The van der Waals surface area contributed by atoms with Crippen LogP contribution in [-0.4, -0.2) is 16.8 Å². The number of hydrogen-bond donors (Lipinski definition) is 0. The van der Waals surface area contributed by atoms with E-state index in [4.69, 9.17) is 4.74 Å². The molecule has 0 saturated heterocycles. The number of hydrogen-bond acceptors (Lipinski definition) is 3. The summed E-state index contributed by atoms with van der Waals surface area (Å²) in [6.07, 6.45) is 2.80. The van der Waals surface area contributed by atoms with Gasteiger partial charge in [-0.05, 0) is 32.6 Å². The molecule has 0 N–H and O–H groups in total. The van der Waals surface area contributed by atoms with Crippen LogP contribution in [-0.2, 0) is 9.53 Å². The predicted octanol–water partition coefficient (Wildman–Crippen LogP) is 2.35. The van der Waals surface area contributed by atoms with E-state index in [-0.39, 0.29) is 16.8 Å². The largest absolute Gasteiger partial charge is 0.459 e. The lowest BCUT2D eigenvalue weighted by Gasteiger charge is -2.21. The van der Waals surface area contributed by atoms with Gasteiger partial charge in [-0.1, -0.05) is 6.08 Å². The third kappa shape index (κ3) is 2.89. The van der Waals surface area contributed by atoms with Gasteiger partial charge < -0.3 is 4.74 Å². The molecule has 0 aromatic rings. The van der Waals surface area contributed by atoms with Crippen LogP contribution >= 0.6 is 11.8 Å². The van der Waals surface area contributed by atoms with Crippen LogP contribution in [0.15, 0.2) is 11.5 Å². The van der Waals surface area contributed by atoms with Crippen LogP contribution in [0.25, 0.3) is 0 Å². The maximum Gasteiger partial charge on any atom is 0.320 e. The Morgan fingerprint density at radius 1 is 1.58 bits per heavy atom. The van der Waals surface area contributed by atoms with Crippen molar-refractivity contribution in [1.29, 1.82) is 0 Å². The van der Waals surface area contributed by atoms with Crippen molar-refractivity contribution in [3.05, 3.63) is 11.5 Å². The van der Waals surface area contributed by atoms with Crippen molar-refractivity contribution in [3.8, 4) is 0 Å². The lowest BCUT2D eigenvalue weighted by molar-refractivity contribution is -0.153. The Kier molecular flexibility index (Phi) is 2.83. The molecular formula is C9H14O2S. The predicted molar refractivity (Wildman–Crippen MR) is 51.0 cm³/mol. The molecule has 0 spiro atoms. The van der Waals surface area contributed by atoms with E-state index in [1.165, 1.54) is 11.8 Å². The van der Waals surface area contributed by atoms with Crippen LogP contribution in [0.5, 0.6) is 0 Å². The molecule has 1 rings (SSSR count). The number of ether oxygens (including phenoxy) is 1. The summed E-state index contributed by atoms with van der Waals surface area (Å²) in [5, 5.41) is 1.94.